The predicted octanol–water partition coefficient (Wildman–Crippen LogP) is 3.02. The smallest absolute Gasteiger partial charge is 0.231 e. The summed E-state index contributed by atoms with van der Waals surface area (Å²) in [5, 5.41) is 3.69. The van der Waals surface area contributed by atoms with Gasteiger partial charge in [-0.15, -0.1) is 0 Å². The summed E-state index contributed by atoms with van der Waals surface area (Å²) in [5.41, 5.74) is 1.24. The molecule has 0 amide bonds. The zero-order chi connectivity index (χ0) is 14.8. The number of hydrogen-bond acceptors (Lipinski definition) is 4. The highest BCUT2D eigenvalue weighted by atomic mass is 16.7. The first-order valence-corrected chi connectivity index (χ1v) is 8.10. The third kappa shape index (κ3) is 2.82. The third-order valence-electron chi connectivity index (χ3n) is 4.91. The van der Waals surface area contributed by atoms with E-state index in [1.165, 1.54) is 18.5 Å². The molecule has 1 fully saturated rings. The zero-order valence-corrected chi connectivity index (χ0v) is 13.3. The lowest BCUT2D eigenvalue weighted by molar-refractivity contribution is 0.174. The van der Waals surface area contributed by atoms with E-state index in [1.54, 1.807) is 0 Å². The standard InChI is InChI=1S/C17H26N2O2/c1-4-8-18-15-7-9-19(13(3)12(15)2)14-5-6-16-17(10-14)21-11-20-16/h5-6,10,12-13,15,18H,4,7-9,11H2,1-3H3. The second-order valence-electron chi connectivity index (χ2n) is 6.18. The van der Waals surface area contributed by atoms with E-state index in [1.807, 2.05) is 6.07 Å². The molecular weight excluding hydrogens is 264 g/mol. The van der Waals surface area contributed by atoms with Gasteiger partial charge >= 0.3 is 0 Å². The van der Waals surface area contributed by atoms with Crippen molar-refractivity contribution in [3.63, 3.8) is 0 Å². The van der Waals surface area contributed by atoms with Crippen molar-refractivity contribution < 1.29 is 9.47 Å². The molecule has 4 nitrogen and oxygen atoms in total. The molecule has 1 aromatic carbocycles. The van der Waals surface area contributed by atoms with Gasteiger partial charge in [-0.3, -0.25) is 0 Å². The molecule has 0 aromatic heterocycles. The van der Waals surface area contributed by atoms with Crippen molar-refractivity contribution in [3.05, 3.63) is 18.2 Å². The van der Waals surface area contributed by atoms with Crippen molar-refractivity contribution in [1.29, 1.82) is 0 Å². The predicted molar refractivity (Wildman–Crippen MR) is 85.2 cm³/mol. The number of anilines is 1. The average molecular weight is 290 g/mol. The summed E-state index contributed by atoms with van der Waals surface area (Å²) < 4.78 is 10.9. The van der Waals surface area contributed by atoms with Crippen LogP contribution in [0.1, 0.15) is 33.6 Å². The molecule has 21 heavy (non-hydrogen) atoms. The van der Waals surface area contributed by atoms with E-state index in [9.17, 15) is 0 Å². The van der Waals surface area contributed by atoms with Crippen LogP contribution in [0.25, 0.3) is 0 Å². The van der Waals surface area contributed by atoms with E-state index in [4.69, 9.17) is 9.47 Å². The second-order valence-corrected chi connectivity index (χ2v) is 6.18. The number of benzene rings is 1. The van der Waals surface area contributed by atoms with Crippen molar-refractivity contribution in [2.45, 2.75) is 45.7 Å². The highest BCUT2D eigenvalue weighted by Gasteiger charge is 2.32. The molecule has 1 saturated heterocycles. The van der Waals surface area contributed by atoms with Crippen molar-refractivity contribution in [3.8, 4) is 11.5 Å². The number of nitrogens with zero attached hydrogens (tertiary/aromatic N) is 1. The monoisotopic (exact) mass is 290 g/mol. The van der Waals surface area contributed by atoms with Gasteiger partial charge in [0.15, 0.2) is 11.5 Å². The fourth-order valence-corrected chi connectivity index (χ4v) is 3.41. The van der Waals surface area contributed by atoms with Crippen molar-refractivity contribution >= 4 is 5.69 Å². The summed E-state index contributed by atoms with van der Waals surface area (Å²) in [6.45, 7) is 9.46. The molecule has 0 aliphatic carbocycles. The highest BCUT2D eigenvalue weighted by molar-refractivity contribution is 5.58. The van der Waals surface area contributed by atoms with Crippen LogP contribution in [0.3, 0.4) is 0 Å². The molecule has 0 spiro atoms. The Hall–Kier alpha value is -1.42. The van der Waals surface area contributed by atoms with Crippen LogP contribution in [0, 0.1) is 5.92 Å². The van der Waals surface area contributed by atoms with Crippen LogP contribution in [0.2, 0.25) is 0 Å². The molecule has 1 N–H and O–H groups in total. The van der Waals surface area contributed by atoms with E-state index in [-0.39, 0.29) is 0 Å². The topological polar surface area (TPSA) is 33.7 Å². The number of rotatable bonds is 4. The van der Waals surface area contributed by atoms with Crippen LogP contribution in [0.15, 0.2) is 18.2 Å². The van der Waals surface area contributed by atoms with Gasteiger partial charge in [-0.1, -0.05) is 13.8 Å². The molecular formula is C17H26N2O2. The molecule has 2 aliphatic rings. The van der Waals surface area contributed by atoms with Gasteiger partial charge in [0.05, 0.1) is 0 Å². The largest absolute Gasteiger partial charge is 0.454 e. The lowest BCUT2D eigenvalue weighted by atomic mass is 9.86. The van der Waals surface area contributed by atoms with Crippen molar-refractivity contribution in [2.75, 3.05) is 24.8 Å². The molecule has 0 bridgehead atoms. The number of nitrogens with one attached hydrogen (secondary N) is 1. The molecule has 0 saturated carbocycles. The Morgan fingerprint density at radius 1 is 1.24 bits per heavy atom. The Bertz CT molecular complexity index is 492. The zero-order valence-electron chi connectivity index (χ0n) is 13.3. The lowest BCUT2D eigenvalue weighted by Crippen LogP contribution is -2.53. The average Bonchev–Trinajstić information content (AvgIpc) is 2.96. The normalized spacial score (nSPS) is 28.0. The molecule has 2 heterocycles. The van der Waals surface area contributed by atoms with Crippen LogP contribution in [-0.2, 0) is 0 Å². The Kier molecular flexibility index (Phi) is 4.24. The first kappa shape index (κ1) is 14.5. The number of piperidine rings is 1. The van der Waals surface area contributed by atoms with Crippen LogP contribution in [0.5, 0.6) is 11.5 Å². The van der Waals surface area contributed by atoms with Gasteiger partial charge in [-0.2, -0.15) is 0 Å². The van der Waals surface area contributed by atoms with Gasteiger partial charge in [0, 0.05) is 30.4 Å². The van der Waals surface area contributed by atoms with Crippen LogP contribution in [0.4, 0.5) is 5.69 Å². The number of hydrogen-bond donors (Lipinski definition) is 1. The van der Waals surface area contributed by atoms with Gasteiger partial charge in [0.25, 0.3) is 0 Å². The first-order chi connectivity index (χ1) is 10.2. The maximum atomic E-state index is 5.51. The molecule has 3 rings (SSSR count). The summed E-state index contributed by atoms with van der Waals surface area (Å²) >= 11 is 0. The van der Waals surface area contributed by atoms with Gasteiger partial charge in [-0.05, 0) is 44.4 Å². The van der Waals surface area contributed by atoms with E-state index in [2.05, 4.69) is 43.1 Å². The van der Waals surface area contributed by atoms with E-state index in [0.29, 0.717) is 24.8 Å². The number of ether oxygens (including phenoxy) is 2. The Morgan fingerprint density at radius 3 is 2.86 bits per heavy atom. The summed E-state index contributed by atoms with van der Waals surface area (Å²) in [6, 6.07) is 7.44. The minimum atomic E-state index is 0.341. The highest BCUT2D eigenvalue weighted by Crippen LogP contribution is 2.37. The molecule has 3 unspecified atom stereocenters. The maximum Gasteiger partial charge on any atom is 0.231 e. The van der Waals surface area contributed by atoms with Crippen molar-refractivity contribution in [1.82, 2.24) is 5.32 Å². The third-order valence-corrected chi connectivity index (χ3v) is 4.91. The van der Waals surface area contributed by atoms with Gasteiger partial charge in [0.2, 0.25) is 6.79 Å². The molecule has 116 valence electrons. The molecule has 0 radical (unpaired) electrons. The van der Waals surface area contributed by atoms with E-state index >= 15 is 0 Å². The minimum absolute atomic E-state index is 0.341. The van der Waals surface area contributed by atoms with Crippen LogP contribution < -0.4 is 19.7 Å². The lowest BCUT2D eigenvalue weighted by Gasteiger charge is -2.44. The summed E-state index contributed by atoms with van der Waals surface area (Å²) in [4.78, 5) is 2.50. The van der Waals surface area contributed by atoms with Gasteiger partial charge in [0.1, 0.15) is 0 Å². The summed E-state index contributed by atoms with van der Waals surface area (Å²) in [6.07, 6.45) is 2.39. The quantitative estimate of drug-likeness (QED) is 0.924. The fourth-order valence-electron chi connectivity index (χ4n) is 3.41. The van der Waals surface area contributed by atoms with Gasteiger partial charge < -0.3 is 19.7 Å². The summed E-state index contributed by atoms with van der Waals surface area (Å²) in [5.74, 6) is 2.37. The maximum absolute atomic E-state index is 5.51. The minimum Gasteiger partial charge on any atom is -0.454 e. The van der Waals surface area contributed by atoms with Gasteiger partial charge in [-0.25, -0.2) is 0 Å². The second kappa shape index (κ2) is 6.14. The first-order valence-electron chi connectivity index (χ1n) is 8.10. The molecule has 1 aromatic rings. The van der Waals surface area contributed by atoms with Crippen LogP contribution >= 0.6 is 0 Å². The van der Waals surface area contributed by atoms with E-state index in [0.717, 1.165) is 24.6 Å². The molecule has 3 atom stereocenters. The Balaban J connectivity index is 1.72. The Labute approximate surface area is 127 Å². The molecule has 4 heteroatoms. The number of fused-ring (bicyclic) bond motifs is 1. The van der Waals surface area contributed by atoms with Crippen LogP contribution in [-0.4, -0.2) is 32.0 Å². The Morgan fingerprint density at radius 2 is 2.05 bits per heavy atom. The SMILES string of the molecule is CCCNC1CCN(c2ccc3c(c2)OCO3)C(C)C1C. The summed E-state index contributed by atoms with van der Waals surface area (Å²) in [7, 11) is 0. The van der Waals surface area contributed by atoms with Crippen molar-refractivity contribution in [2.24, 2.45) is 5.92 Å². The fraction of sp³-hybridized carbons (Fsp3) is 0.647. The molecule has 2 aliphatic heterocycles. The van der Waals surface area contributed by atoms with E-state index < -0.39 is 0 Å².